The molecule has 2 N–H and O–H groups in total. The number of rotatable bonds is 2. The molecule has 2 saturated heterocycles. The van der Waals surface area contributed by atoms with E-state index in [1.54, 1.807) is 28.0 Å². The van der Waals surface area contributed by atoms with Crippen LogP contribution in [-0.4, -0.2) is 34.3 Å². The highest BCUT2D eigenvalue weighted by atomic mass is 35.5. The van der Waals surface area contributed by atoms with Crippen molar-refractivity contribution in [2.75, 3.05) is 13.7 Å². The topological polar surface area (TPSA) is 85.0 Å². The van der Waals surface area contributed by atoms with Gasteiger partial charge in [-0.1, -0.05) is 11.6 Å². The number of guanidine groups is 1. The van der Waals surface area contributed by atoms with Gasteiger partial charge in [0, 0.05) is 36.5 Å². The first-order valence-corrected chi connectivity index (χ1v) is 10.1. The van der Waals surface area contributed by atoms with E-state index in [1.165, 1.54) is 11.9 Å². The van der Waals surface area contributed by atoms with Crippen LogP contribution in [0.15, 0.2) is 24.5 Å². The first kappa shape index (κ1) is 17.6. The number of hydrogen-bond donors (Lipinski definition) is 2. The van der Waals surface area contributed by atoms with Crippen LogP contribution < -0.4 is 5.32 Å². The van der Waals surface area contributed by atoms with Crippen molar-refractivity contribution >= 4 is 40.8 Å². The van der Waals surface area contributed by atoms with Crippen LogP contribution in [0.3, 0.4) is 0 Å². The summed E-state index contributed by atoms with van der Waals surface area (Å²) in [6, 6.07) is 5.84. The number of fused-ring (bicyclic) bond motifs is 1. The second kappa shape index (κ2) is 6.74. The minimum Gasteiger partial charge on any atom is -0.363 e. The molecule has 0 aromatic carbocycles. The van der Waals surface area contributed by atoms with Gasteiger partial charge in [0.25, 0.3) is 0 Å². The molecule has 4 rings (SSSR count). The van der Waals surface area contributed by atoms with E-state index in [-0.39, 0.29) is 5.44 Å². The Labute approximate surface area is 164 Å². The van der Waals surface area contributed by atoms with E-state index in [9.17, 15) is 0 Å². The van der Waals surface area contributed by atoms with Gasteiger partial charge in [-0.25, -0.2) is 0 Å². The van der Waals surface area contributed by atoms with Crippen molar-refractivity contribution < 1.29 is 4.74 Å². The van der Waals surface area contributed by atoms with Crippen LogP contribution in [0.5, 0.6) is 0 Å². The molecule has 2 fully saturated rings. The largest absolute Gasteiger partial charge is 0.363 e. The Morgan fingerprint density at radius 1 is 1.50 bits per heavy atom. The van der Waals surface area contributed by atoms with Crippen molar-refractivity contribution in [2.24, 2.45) is 0 Å². The number of ether oxygens (including phenoxy) is 1. The van der Waals surface area contributed by atoms with E-state index in [0.717, 1.165) is 28.2 Å². The fourth-order valence-corrected chi connectivity index (χ4v) is 6.09. The summed E-state index contributed by atoms with van der Waals surface area (Å²) in [4.78, 5) is 6.05. The van der Waals surface area contributed by atoms with E-state index in [0.29, 0.717) is 23.2 Å². The average molecular weight is 406 g/mol. The first-order valence-electron chi connectivity index (χ1n) is 8.07. The van der Waals surface area contributed by atoms with Crippen LogP contribution in [0.25, 0.3) is 10.4 Å². The van der Waals surface area contributed by atoms with Crippen LogP contribution in [0.4, 0.5) is 0 Å². The molecule has 0 bridgehead atoms. The first-order chi connectivity index (χ1) is 12.5. The normalized spacial score (nSPS) is 25.3. The molecule has 2 aromatic heterocycles. The lowest BCUT2D eigenvalue weighted by molar-refractivity contribution is -0.00140. The van der Waals surface area contributed by atoms with Gasteiger partial charge in [-0.3, -0.25) is 14.7 Å². The van der Waals surface area contributed by atoms with E-state index in [1.807, 2.05) is 19.2 Å². The van der Waals surface area contributed by atoms with Gasteiger partial charge in [-0.05, 0) is 36.9 Å². The van der Waals surface area contributed by atoms with Gasteiger partial charge in [0.1, 0.15) is 11.6 Å². The molecule has 134 valence electrons. The third-order valence-electron chi connectivity index (χ3n) is 4.54. The molecule has 2 atom stereocenters. The molecule has 6 nitrogen and oxygen atoms in total. The Kier molecular flexibility index (Phi) is 4.57. The Balaban J connectivity index is 1.78. The minimum absolute atomic E-state index is 0.150. The molecule has 2 aliphatic rings. The van der Waals surface area contributed by atoms with Crippen LogP contribution in [0.2, 0.25) is 5.02 Å². The second-order valence-electron chi connectivity index (χ2n) is 6.22. The SMILES string of the molecule is CN1SC2OCCCC2(c2sc(-c3cncc(C#N)c3)cc2Cl)NC1=N. The lowest BCUT2D eigenvalue weighted by Crippen LogP contribution is -2.62. The number of nitriles is 1. The number of nitrogens with one attached hydrogen (secondary N) is 2. The zero-order chi connectivity index (χ0) is 18.3. The molecule has 4 heterocycles. The summed E-state index contributed by atoms with van der Waals surface area (Å²) in [5, 5.41) is 21.3. The van der Waals surface area contributed by atoms with Crippen LogP contribution >= 0.6 is 34.9 Å². The van der Waals surface area contributed by atoms with Crippen LogP contribution in [0, 0.1) is 16.7 Å². The fraction of sp³-hybridized carbons (Fsp3) is 0.353. The molecular weight excluding hydrogens is 390 g/mol. The lowest BCUT2D eigenvalue weighted by atomic mass is 9.90. The fourth-order valence-electron chi connectivity index (χ4n) is 3.26. The summed E-state index contributed by atoms with van der Waals surface area (Å²) in [6.45, 7) is 0.701. The minimum atomic E-state index is -0.521. The molecular formula is C17H16ClN5OS2. The molecule has 0 aliphatic carbocycles. The third-order valence-corrected chi connectivity index (χ3v) is 7.54. The summed E-state index contributed by atoms with van der Waals surface area (Å²) in [6.07, 6.45) is 5.02. The smallest absolute Gasteiger partial charge is 0.201 e. The predicted molar refractivity (Wildman–Crippen MR) is 104 cm³/mol. The van der Waals surface area contributed by atoms with Gasteiger partial charge >= 0.3 is 0 Å². The predicted octanol–water partition coefficient (Wildman–Crippen LogP) is 3.78. The van der Waals surface area contributed by atoms with Gasteiger partial charge in [0.15, 0.2) is 5.44 Å². The molecule has 26 heavy (non-hydrogen) atoms. The lowest BCUT2D eigenvalue weighted by Gasteiger charge is -2.49. The zero-order valence-electron chi connectivity index (χ0n) is 14.0. The molecule has 0 radical (unpaired) electrons. The number of thiophene rings is 1. The number of pyridine rings is 1. The van der Waals surface area contributed by atoms with E-state index >= 15 is 0 Å². The number of halogens is 1. The standard InChI is InChI=1S/C17H16ClN5OS2/c1-23-16(20)22-17(3-2-4-24-15(17)26-23)14-12(18)6-13(25-14)11-5-10(7-19)8-21-9-11/h5-6,8-9,15H,2-4H2,1H3,(H2,20,22). The van der Waals surface area contributed by atoms with Gasteiger partial charge < -0.3 is 10.1 Å². The summed E-state index contributed by atoms with van der Waals surface area (Å²) in [7, 11) is 1.85. The van der Waals surface area contributed by atoms with Crippen molar-refractivity contribution in [3.05, 3.63) is 40.0 Å². The third kappa shape index (κ3) is 2.85. The molecule has 9 heteroatoms. The van der Waals surface area contributed by atoms with E-state index in [4.69, 9.17) is 27.0 Å². The van der Waals surface area contributed by atoms with Crippen molar-refractivity contribution in [1.82, 2.24) is 14.6 Å². The Morgan fingerprint density at radius 3 is 3.15 bits per heavy atom. The summed E-state index contributed by atoms with van der Waals surface area (Å²) < 4.78 is 7.79. The molecule has 0 saturated carbocycles. The van der Waals surface area contributed by atoms with E-state index in [2.05, 4.69) is 16.4 Å². The maximum atomic E-state index is 9.11. The summed E-state index contributed by atoms with van der Waals surface area (Å²) in [5.41, 5.74) is 0.707. The molecule has 2 unspecified atom stereocenters. The maximum Gasteiger partial charge on any atom is 0.201 e. The van der Waals surface area contributed by atoms with E-state index < -0.39 is 5.54 Å². The van der Waals surface area contributed by atoms with Gasteiger partial charge in [-0.15, -0.1) is 11.3 Å². The molecule has 0 amide bonds. The highest BCUT2D eigenvalue weighted by Gasteiger charge is 2.51. The molecule has 2 aliphatic heterocycles. The number of nitrogens with zero attached hydrogens (tertiary/aromatic N) is 3. The van der Waals surface area contributed by atoms with Gasteiger partial charge in [-0.2, -0.15) is 5.26 Å². The molecule has 2 aromatic rings. The van der Waals surface area contributed by atoms with Crippen molar-refractivity contribution in [3.8, 4) is 16.5 Å². The average Bonchev–Trinajstić information content (AvgIpc) is 3.05. The highest BCUT2D eigenvalue weighted by Crippen LogP contribution is 2.50. The second-order valence-corrected chi connectivity index (χ2v) is 8.86. The zero-order valence-corrected chi connectivity index (χ0v) is 16.3. The van der Waals surface area contributed by atoms with Crippen molar-refractivity contribution in [2.45, 2.75) is 23.8 Å². The van der Waals surface area contributed by atoms with Crippen molar-refractivity contribution in [1.29, 1.82) is 10.7 Å². The number of aromatic nitrogens is 1. The summed E-state index contributed by atoms with van der Waals surface area (Å²) in [5.74, 6) is 0.343. The summed E-state index contributed by atoms with van der Waals surface area (Å²) >= 11 is 9.71. The van der Waals surface area contributed by atoms with Crippen LogP contribution in [-0.2, 0) is 10.3 Å². The Morgan fingerprint density at radius 2 is 2.35 bits per heavy atom. The quantitative estimate of drug-likeness (QED) is 0.739. The highest BCUT2D eigenvalue weighted by molar-refractivity contribution is 7.98. The Hall–Kier alpha value is -1.79. The van der Waals surface area contributed by atoms with Gasteiger partial charge in [0.05, 0.1) is 15.5 Å². The maximum absolute atomic E-state index is 9.11. The number of hydrogen-bond acceptors (Lipinski definition) is 6. The van der Waals surface area contributed by atoms with Gasteiger partial charge in [0.2, 0.25) is 5.96 Å². The van der Waals surface area contributed by atoms with Crippen LogP contribution in [0.1, 0.15) is 23.3 Å². The monoisotopic (exact) mass is 405 g/mol. The molecule has 0 spiro atoms. The Bertz CT molecular complexity index is 911. The van der Waals surface area contributed by atoms with Crippen molar-refractivity contribution in [3.63, 3.8) is 0 Å².